The van der Waals surface area contributed by atoms with Crippen molar-refractivity contribution in [1.29, 1.82) is 5.26 Å². The van der Waals surface area contributed by atoms with Crippen molar-refractivity contribution in [2.75, 3.05) is 13.7 Å². The third-order valence-electron chi connectivity index (χ3n) is 4.72. The van der Waals surface area contributed by atoms with E-state index in [4.69, 9.17) is 4.74 Å². The molecule has 4 nitrogen and oxygen atoms in total. The van der Waals surface area contributed by atoms with Crippen LogP contribution in [0.1, 0.15) is 35.2 Å². The van der Waals surface area contributed by atoms with Crippen LogP contribution < -0.4 is 4.74 Å². The number of amides is 1. The summed E-state index contributed by atoms with van der Waals surface area (Å²) in [6, 6.07) is 15.7. The van der Waals surface area contributed by atoms with Crippen LogP contribution in [-0.4, -0.2) is 24.5 Å². The van der Waals surface area contributed by atoms with Gasteiger partial charge in [-0.3, -0.25) is 4.79 Å². The van der Waals surface area contributed by atoms with Crippen LogP contribution >= 0.6 is 0 Å². The number of nitriles is 1. The second-order valence-electron chi connectivity index (χ2n) is 5.99. The fourth-order valence-electron chi connectivity index (χ4n) is 3.41. The van der Waals surface area contributed by atoms with Crippen molar-refractivity contribution in [3.05, 3.63) is 64.7 Å². The third kappa shape index (κ3) is 2.85. The fraction of sp³-hybridized carbons (Fsp3) is 0.300. The van der Waals surface area contributed by atoms with Crippen LogP contribution in [0.4, 0.5) is 0 Å². The third-order valence-corrected chi connectivity index (χ3v) is 4.72. The molecular weight excluding hydrogens is 300 g/mol. The van der Waals surface area contributed by atoms with E-state index in [-0.39, 0.29) is 18.4 Å². The average molecular weight is 320 g/mol. The number of nitrogens with zero attached hydrogens (tertiary/aromatic N) is 2. The molecule has 4 heteroatoms. The smallest absolute Gasteiger partial charge is 0.227 e. The second-order valence-corrected chi connectivity index (χ2v) is 5.99. The summed E-state index contributed by atoms with van der Waals surface area (Å²) in [5, 5.41) is 9.31. The lowest BCUT2D eigenvalue weighted by atomic mass is 9.93. The Hall–Kier alpha value is -2.80. The summed E-state index contributed by atoms with van der Waals surface area (Å²) in [5.41, 5.74) is 3.67. The molecule has 0 saturated carbocycles. The molecule has 0 N–H and O–H groups in total. The predicted molar refractivity (Wildman–Crippen MR) is 91.7 cm³/mol. The Labute approximate surface area is 142 Å². The van der Waals surface area contributed by atoms with Crippen molar-refractivity contribution < 1.29 is 9.53 Å². The number of benzene rings is 2. The Balaban J connectivity index is 1.86. The molecule has 0 fully saturated rings. The van der Waals surface area contributed by atoms with E-state index in [1.165, 1.54) is 11.1 Å². The van der Waals surface area contributed by atoms with Crippen molar-refractivity contribution in [2.24, 2.45) is 0 Å². The Morgan fingerprint density at radius 1 is 1.29 bits per heavy atom. The zero-order valence-electron chi connectivity index (χ0n) is 14.0. The summed E-state index contributed by atoms with van der Waals surface area (Å²) in [4.78, 5) is 14.8. The molecule has 1 aliphatic heterocycles. The molecule has 0 aromatic heterocycles. The summed E-state index contributed by atoms with van der Waals surface area (Å²) in [7, 11) is 1.56. The molecule has 0 saturated heterocycles. The molecule has 0 spiro atoms. The number of fused-ring (bicyclic) bond motifs is 1. The van der Waals surface area contributed by atoms with Crippen molar-refractivity contribution in [1.82, 2.24) is 4.90 Å². The molecule has 1 heterocycles. The number of carbonyl (C=O) groups is 1. The highest BCUT2D eigenvalue weighted by molar-refractivity contribution is 5.81. The van der Waals surface area contributed by atoms with Gasteiger partial charge in [-0.05, 0) is 36.6 Å². The maximum Gasteiger partial charge on any atom is 0.227 e. The van der Waals surface area contributed by atoms with E-state index >= 15 is 0 Å². The van der Waals surface area contributed by atoms with Crippen LogP contribution in [0, 0.1) is 11.3 Å². The molecule has 1 unspecified atom stereocenters. The lowest BCUT2D eigenvalue weighted by Gasteiger charge is -2.35. The Bertz CT molecular complexity index is 808. The normalized spacial score (nSPS) is 16.2. The van der Waals surface area contributed by atoms with E-state index in [1.807, 2.05) is 17.0 Å². The van der Waals surface area contributed by atoms with Gasteiger partial charge in [-0.1, -0.05) is 30.3 Å². The van der Waals surface area contributed by atoms with Crippen molar-refractivity contribution in [2.45, 2.75) is 25.8 Å². The molecule has 0 radical (unpaired) electrons. The van der Waals surface area contributed by atoms with E-state index in [0.717, 1.165) is 6.42 Å². The first kappa shape index (κ1) is 16.1. The molecule has 1 atom stereocenters. The number of rotatable bonds is 3. The number of hydrogen-bond donors (Lipinski definition) is 0. The van der Waals surface area contributed by atoms with Crippen molar-refractivity contribution in [3.8, 4) is 11.8 Å². The second kappa shape index (κ2) is 6.76. The summed E-state index contributed by atoms with van der Waals surface area (Å²) in [5.74, 6) is 0.616. The molecule has 24 heavy (non-hydrogen) atoms. The quantitative estimate of drug-likeness (QED) is 0.872. The largest absolute Gasteiger partial charge is 0.496 e. The minimum Gasteiger partial charge on any atom is -0.496 e. The zero-order valence-corrected chi connectivity index (χ0v) is 14.0. The van der Waals surface area contributed by atoms with Gasteiger partial charge in [-0.15, -0.1) is 0 Å². The molecule has 2 aromatic carbocycles. The van der Waals surface area contributed by atoms with Crippen LogP contribution in [-0.2, 0) is 17.6 Å². The van der Waals surface area contributed by atoms with Gasteiger partial charge in [0.05, 0.1) is 31.2 Å². The van der Waals surface area contributed by atoms with E-state index in [2.05, 4.69) is 25.1 Å². The fourth-order valence-corrected chi connectivity index (χ4v) is 3.41. The van der Waals surface area contributed by atoms with Crippen molar-refractivity contribution in [3.63, 3.8) is 0 Å². The van der Waals surface area contributed by atoms with Crippen LogP contribution in [0.3, 0.4) is 0 Å². The highest BCUT2D eigenvalue weighted by atomic mass is 16.5. The van der Waals surface area contributed by atoms with Gasteiger partial charge in [0.15, 0.2) is 0 Å². The number of carbonyl (C=O) groups excluding carboxylic acids is 1. The molecule has 1 aliphatic rings. The van der Waals surface area contributed by atoms with Gasteiger partial charge in [0.1, 0.15) is 5.75 Å². The molecule has 2 aromatic rings. The van der Waals surface area contributed by atoms with Crippen LogP contribution in [0.5, 0.6) is 5.75 Å². The monoisotopic (exact) mass is 320 g/mol. The van der Waals surface area contributed by atoms with Crippen LogP contribution in [0.25, 0.3) is 0 Å². The predicted octanol–water partition coefficient (Wildman–Crippen LogP) is 3.26. The first-order chi connectivity index (χ1) is 11.7. The SMILES string of the molecule is COc1cccc(C#N)c1CC(=O)N1CCc2ccccc2C1C. The van der Waals surface area contributed by atoms with Gasteiger partial charge in [-0.25, -0.2) is 0 Å². The molecular formula is C20H20N2O2. The van der Waals surface area contributed by atoms with E-state index in [1.54, 1.807) is 25.3 Å². The lowest BCUT2D eigenvalue weighted by molar-refractivity contribution is -0.133. The summed E-state index contributed by atoms with van der Waals surface area (Å²) < 4.78 is 5.34. The molecule has 0 bridgehead atoms. The number of methoxy groups -OCH3 is 1. The Morgan fingerprint density at radius 2 is 2.08 bits per heavy atom. The van der Waals surface area contributed by atoms with Gasteiger partial charge in [0, 0.05) is 12.1 Å². The average Bonchev–Trinajstić information content (AvgIpc) is 2.62. The summed E-state index contributed by atoms with van der Waals surface area (Å²) in [6.07, 6.45) is 1.04. The first-order valence-corrected chi connectivity index (χ1v) is 8.09. The Morgan fingerprint density at radius 3 is 2.83 bits per heavy atom. The molecule has 1 amide bonds. The Kier molecular flexibility index (Phi) is 4.52. The van der Waals surface area contributed by atoms with E-state index in [0.29, 0.717) is 23.4 Å². The molecule has 122 valence electrons. The van der Waals surface area contributed by atoms with Gasteiger partial charge in [-0.2, -0.15) is 5.26 Å². The van der Waals surface area contributed by atoms with Gasteiger partial charge < -0.3 is 9.64 Å². The number of ether oxygens (including phenoxy) is 1. The standard InChI is InChI=1S/C20H20N2O2/c1-14-17-8-4-3-6-15(17)10-11-22(14)20(23)12-18-16(13-21)7-5-9-19(18)24-2/h3-9,14H,10-12H2,1-2H3. The maximum atomic E-state index is 12.9. The maximum absolute atomic E-state index is 12.9. The summed E-state index contributed by atoms with van der Waals surface area (Å²) in [6.45, 7) is 2.76. The first-order valence-electron chi connectivity index (χ1n) is 8.09. The highest BCUT2D eigenvalue weighted by Crippen LogP contribution is 2.31. The molecule has 3 rings (SSSR count). The minimum absolute atomic E-state index is 0.0259. The van der Waals surface area contributed by atoms with Gasteiger partial charge in [0.25, 0.3) is 0 Å². The van der Waals surface area contributed by atoms with E-state index in [9.17, 15) is 10.1 Å². The minimum atomic E-state index is 0.0259. The molecule has 0 aliphatic carbocycles. The summed E-state index contributed by atoms with van der Waals surface area (Å²) >= 11 is 0. The van der Waals surface area contributed by atoms with Gasteiger partial charge in [0.2, 0.25) is 5.91 Å². The van der Waals surface area contributed by atoms with Crippen LogP contribution in [0.15, 0.2) is 42.5 Å². The van der Waals surface area contributed by atoms with E-state index < -0.39 is 0 Å². The topological polar surface area (TPSA) is 53.3 Å². The van der Waals surface area contributed by atoms with Gasteiger partial charge >= 0.3 is 0 Å². The highest BCUT2D eigenvalue weighted by Gasteiger charge is 2.28. The zero-order chi connectivity index (χ0) is 17.1. The lowest BCUT2D eigenvalue weighted by Crippen LogP contribution is -2.39. The number of hydrogen-bond acceptors (Lipinski definition) is 3. The van der Waals surface area contributed by atoms with Crippen LogP contribution in [0.2, 0.25) is 0 Å². The van der Waals surface area contributed by atoms with Crippen molar-refractivity contribution >= 4 is 5.91 Å².